The molecule has 29 heavy (non-hydrogen) atoms. The molecule has 3 unspecified atom stereocenters. The first kappa shape index (κ1) is 19.1. The van der Waals surface area contributed by atoms with Crippen molar-refractivity contribution < 1.29 is 13.2 Å². The minimum absolute atomic E-state index is 0.114. The first-order valence-corrected chi connectivity index (χ1v) is 12.6. The van der Waals surface area contributed by atoms with Gasteiger partial charge in [-0.3, -0.25) is 0 Å². The van der Waals surface area contributed by atoms with Crippen molar-refractivity contribution in [3.8, 4) is 5.75 Å². The van der Waals surface area contributed by atoms with E-state index < -0.39 is 10.0 Å². The SMILES string of the molecule is CS(=O)(=O)N1CCC23CCCCC2C1Cc1ccc(OCc2ccccc2)cc13. The Hall–Kier alpha value is -1.85. The molecule has 5 heteroatoms. The molecule has 2 aromatic carbocycles. The molecular weight excluding hydrogens is 382 g/mol. The highest BCUT2D eigenvalue weighted by atomic mass is 32.2. The number of piperidine rings is 1. The Balaban J connectivity index is 1.49. The Kier molecular flexibility index (Phi) is 4.71. The summed E-state index contributed by atoms with van der Waals surface area (Å²) in [4.78, 5) is 0. The minimum atomic E-state index is -3.17. The first-order valence-electron chi connectivity index (χ1n) is 10.7. The second kappa shape index (κ2) is 7.13. The summed E-state index contributed by atoms with van der Waals surface area (Å²) in [7, 11) is -3.17. The van der Waals surface area contributed by atoms with Gasteiger partial charge >= 0.3 is 0 Å². The molecule has 0 N–H and O–H groups in total. The molecule has 154 valence electrons. The van der Waals surface area contributed by atoms with E-state index in [0.717, 1.165) is 25.0 Å². The van der Waals surface area contributed by atoms with E-state index in [1.54, 1.807) is 4.31 Å². The van der Waals surface area contributed by atoms with Crippen LogP contribution in [0.3, 0.4) is 0 Å². The molecule has 2 aromatic rings. The molecule has 3 atom stereocenters. The van der Waals surface area contributed by atoms with Gasteiger partial charge in [-0.25, -0.2) is 8.42 Å². The number of hydrogen-bond acceptors (Lipinski definition) is 3. The summed E-state index contributed by atoms with van der Waals surface area (Å²) in [6, 6.07) is 16.9. The summed E-state index contributed by atoms with van der Waals surface area (Å²) >= 11 is 0. The zero-order valence-electron chi connectivity index (χ0n) is 17.0. The summed E-state index contributed by atoms with van der Waals surface area (Å²) in [5.74, 6) is 1.35. The van der Waals surface area contributed by atoms with Crippen LogP contribution >= 0.6 is 0 Å². The monoisotopic (exact) mass is 411 g/mol. The smallest absolute Gasteiger partial charge is 0.211 e. The van der Waals surface area contributed by atoms with Crippen molar-refractivity contribution in [2.75, 3.05) is 12.8 Å². The largest absolute Gasteiger partial charge is 0.489 e. The summed E-state index contributed by atoms with van der Waals surface area (Å²) in [6.07, 6.45) is 7.87. The Bertz CT molecular complexity index is 1000. The van der Waals surface area contributed by atoms with Gasteiger partial charge in [0.05, 0.1) is 6.26 Å². The molecule has 0 amide bonds. The topological polar surface area (TPSA) is 46.6 Å². The number of rotatable bonds is 4. The van der Waals surface area contributed by atoms with Crippen LogP contribution in [0.4, 0.5) is 0 Å². The highest BCUT2D eigenvalue weighted by Crippen LogP contribution is 2.56. The molecule has 2 bridgehead atoms. The minimum Gasteiger partial charge on any atom is -0.489 e. The second-order valence-corrected chi connectivity index (χ2v) is 10.9. The fourth-order valence-electron chi connectivity index (χ4n) is 6.19. The van der Waals surface area contributed by atoms with E-state index in [2.05, 4.69) is 30.3 Å². The molecule has 0 spiro atoms. The molecule has 2 fully saturated rings. The summed E-state index contributed by atoms with van der Waals surface area (Å²) < 4.78 is 32.8. The Morgan fingerprint density at radius 1 is 1.10 bits per heavy atom. The van der Waals surface area contributed by atoms with Crippen molar-refractivity contribution in [3.63, 3.8) is 0 Å². The molecule has 0 radical (unpaired) electrons. The van der Waals surface area contributed by atoms with Gasteiger partial charge in [0.15, 0.2) is 0 Å². The van der Waals surface area contributed by atoms with E-state index >= 15 is 0 Å². The molecular formula is C24H29NO3S. The van der Waals surface area contributed by atoms with Crippen LogP contribution in [0, 0.1) is 5.92 Å². The van der Waals surface area contributed by atoms with Crippen LogP contribution in [0.15, 0.2) is 48.5 Å². The van der Waals surface area contributed by atoms with Crippen LogP contribution in [-0.4, -0.2) is 31.6 Å². The van der Waals surface area contributed by atoms with Crippen molar-refractivity contribution in [3.05, 3.63) is 65.2 Å². The number of hydrogen-bond donors (Lipinski definition) is 0. The van der Waals surface area contributed by atoms with Gasteiger partial charge in [0.1, 0.15) is 12.4 Å². The fraction of sp³-hybridized carbons (Fsp3) is 0.500. The third-order valence-corrected chi connectivity index (χ3v) is 8.74. The van der Waals surface area contributed by atoms with E-state index in [-0.39, 0.29) is 11.5 Å². The Labute approximate surface area is 173 Å². The van der Waals surface area contributed by atoms with Crippen LogP contribution in [0.1, 0.15) is 48.8 Å². The van der Waals surface area contributed by atoms with Gasteiger partial charge in [-0.1, -0.05) is 49.2 Å². The molecule has 5 rings (SSSR count). The molecule has 0 aromatic heterocycles. The molecule has 3 aliphatic rings. The maximum Gasteiger partial charge on any atom is 0.211 e. The Morgan fingerprint density at radius 3 is 2.72 bits per heavy atom. The average Bonchev–Trinajstić information content (AvgIpc) is 2.72. The van der Waals surface area contributed by atoms with Crippen molar-refractivity contribution in [2.45, 2.75) is 56.6 Å². The molecule has 1 saturated heterocycles. The number of sulfonamides is 1. The lowest BCUT2D eigenvalue weighted by atomic mass is 9.53. The van der Waals surface area contributed by atoms with Gasteiger partial charge in [0, 0.05) is 18.0 Å². The summed E-state index contributed by atoms with van der Waals surface area (Å²) in [5, 5.41) is 0. The third-order valence-electron chi connectivity index (χ3n) is 7.43. The first-order chi connectivity index (χ1) is 14.0. The van der Waals surface area contributed by atoms with E-state index in [1.165, 1.54) is 42.2 Å². The van der Waals surface area contributed by atoms with Crippen LogP contribution < -0.4 is 4.74 Å². The normalized spacial score (nSPS) is 29.0. The van der Waals surface area contributed by atoms with E-state index in [9.17, 15) is 8.42 Å². The van der Waals surface area contributed by atoms with Crippen LogP contribution in [-0.2, 0) is 28.5 Å². The van der Waals surface area contributed by atoms with Gasteiger partial charge in [-0.2, -0.15) is 4.31 Å². The number of ether oxygens (including phenoxy) is 1. The van der Waals surface area contributed by atoms with Crippen LogP contribution in [0.2, 0.25) is 0 Å². The number of nitrogens with zero attached hydrogens (tertiary/aromatic N) is 1. The van der Waals surface area contributed by atoms with Gasteiger partial charge in [-0.05, 0) is 60.4 Å². The van der Waals surface area contributed by atoms with Crippen LogP contribution in [0.5, 0.6) is 5.75 Å². The molecule has 2 aliphatic carbocycles. The van der Waals surface area contributed by atoms with Crippen molar-refractivity contribution >= 4 is 10.0 Å². The molecule has 1 aliphatic heterocycles. The maximum absolute atomic E-state index is 12.5. The number of fused-ring (bicyclic) bond motifs is 1. The zero-order chi connectivity index (χ0) is 20.1. The third kappa shape index (κ3) is 3.28. The van der Waals surface area contributed by atoms with Crippen molar-refractivity contribution in [1.82, 2.24) is 4.31 Å². The van der Waals surface area contributed by atoms with Gasteiger partial charge in [-0.15, -0.1) is 0 Å². The van der Waals surface area contributed by atoms with Crippen molar-refractivity contribution in [1.29, 1.82) is 0 Å². The van der Waals surface area contributed by atoms with Crippen molar-refractivity contribution in [2.24, 2.45) is 5.92 Å². The highest BCUT2D eigenvalue weighted by Gasteiger charge is 2.55. The van der Waals surface area contributed by atoms with E-state index in [0.29, 0.717) is 19.1 Å². The lowest BCUT2D eigenvalue weighted by Gasteiger charge is -2.58. The molecule has 1 saturated carbocycles. The van der Waals surface area contributed by atoms with E-state index in [1.807, 2.05) is 18.2 Å². The summed E-state index contributed by atoms with van der Waals surface area (Å²) in [6.45, 7) is 1.22. The second-order valence-electron chi connectivity index (χ2n) is 9.00. The molecule has 4 nitrogen and oxygen atoms in total. The lowest BCUT2D eigenvalue weighted by Crippen LogP contribution is -2.61. The van der Waals surface area contributed by atoms with Gasteiger partial charge < -0.3 is 4.74 Å². The quantitative estimate of drug-likeness (QED) is 0.754. The molecule has 1 heterocycles. The fourth-order valence-corrected chi connectivity index (χ4v) is 7.33. The van der Waals surface area contributed by atoms with Crippen LogP contribution in [0.25, 0.3) is 0 Å². The zero-order valence-corrected chi connectivity index (χ0v) is 17.8. The predicted molar refractivity (Wildman–Crippen MR) is 115 cm³/mol. The lowest BCUT2D eigenvalue weighted by molar-refractivity contribution is 0.0317. The standard InChI is InChI=1S/C24H29NO3S/c1-29(26,27)25-14-13-24-12-6-5-9-21(24)23(25)15-19-10-11-20(16-22(19)24)28-17-18-7-3-2-4-8-18/h2-4,7-8,10-11,16,21,23H,5-6,9,12-15,17H2,1H3. The van der Waals surface area contributed by atoms with E-state index in [4.69, 9.17) is 4.74 Å². The van der Waals surface area contributed by atoms with Gasteiger partial charge in [0.2, 0.25) is 10.0 Å². The highest BCUT2D eigenvalue weighted by molar-refractivity contribution is 7.88. The summed E-state index contributed by atoms with van der Waals surface area (Å²) in [5.41, 5.74) is 4.02. The van der Waals surface area contributed by atoms with Gasteiger partial charge in [0.25, 0.3) is 0 Å². The maximum atomic E-state index is 12.5. The predicted octanol–water partition coefficient (Wildman–Crippen LogP) is 4.28. The average molecular weight is 412 g/mol. The number of benzene rings is 2. The Morgan fingerprint density at radius 2 is 1.93 bits per heavy atom.